The van der Waals surface area contributed by atoms with Crippen molar-refractivity contribution in [3.63, 3.8) is 0 Å². The van der Waals surface area contributed by atoms with Crippen molar-refractivity contribution < 1.29 is 9.32 Å². The van der Waals surface area contributed by atoms with E-state index in [0.29, 0.717) is 12.2 Å². The molecule has 0 spiro atoms. The van der Waals surface area contributed by atoms with Gasteiger partial charge < -0.3 is 4.52 Å². The van der Waals surface area contributed by atoms with Gasteiger partial charge in [0.15, 0.2) is 6.29 Å². The molecular weight excluding hydrogens is 168 g/mol. The number of aromatic nitrogens is 2. The SMILES string of the molecule is CC.Cc1nc(C=O)no1.Cl. The molecule has 0 saturated heterocycles. The first-order chi connectivity index (χ1) is 4.83. The lowest BCUT2D eigenvalue weighted by molar-refractivity contribution is 0.111. The number of hydrogen-bond acceptors (Lipinski definition) is 4. The standard InChI is InChI=1S/C4H4N2O2.C2H6.ClH/c1-3-5-4(2-7)6-8-3;1-2;/h2H,1H3;1-2H3;1H. The Bertz CT molecular complexity index is 200. The maximum atomic E-state index is 9.83. The van der Waals surface area contributed by atoms with Crippen molar-refractivity contribution in [1.82, 2.24) is 10.1 Å². The molecule has 64 valence electrons. The summed E-state index contributed by atoms with van der Waals surface area (Å²) in [6, 6.07) is 0. The number of carbonyl (C=O) groups is 1. The van der Waals surface area contributed by atoms with Gasteiger partial charge in [-0.05, 0) is 0 Å². The minimum absolute atomic E-state index is 0. The number of aldehydes is 1. The maximum Gasteiger partial charge on any atom is 0.235 e. The van der Waals surface area contributed by atoms with E-state index >= 15 is 0 Å². The molecule has 0 amide bonds. The first-order valence-corrected chi connectivity index (χ1v) is 3.08. The van der Waals surface area contributed by atoms with E-state index in [4.69, 9.17) is 0 Å². The predicted molar refractivity (Wildman–Crippen MR) is 43.0 cm³/mol. The van der Waals surface area contributed by atoms with Gasteiger partial charge in [0.05, 0.1) is 0 Å². The number of nitrogens with zero attached hydrogens (tertiary/aromatic N) is 2. The Hall–Kier alpha value is -0.900. The Morgan fingerprint density at radius 1 is 1.45 bits per heavy atom. The average Bonchev–Trinajstić information content (AvgIpc) is 2.40. The molecule has 0 unspecified atom stereocenters. The first kappa shape index (κ1) is 12.7. The minimum atomic E-state index is 0. The van der Waals surface area contributed by atoms with Gasteiger partial charge in [-0.2, -0.15) is 4.98 Å². The van der Waals surface area contributed by atoms with Gasteiger partial charge in [0.25, 0.3) is 0 Å². The quantitative estimate of drug-likeness (QED) is 0.614. The number of aryl methyl sites for hydroxylation is 1. The second kappa shape index (κ2) is 7.21. The zero-order valence-corrected chi connectivity index (χ0v) is 7.51. The lowest BCUT2D eigenvalue weighted by atomic mass is 10.7. The molecule has 0 bridgehead atoms. The molecule has 11 heavy (non-hydrogen) atoms. The van der Waals surface area contributed by atoms with Gasteiger partial charge >= 0.3 is 0 Å². The van der Waals surface area contributed by atoms with Crippen molar-refractivity contribution in [3.05, 3.63) is 11.7 Å². The molecule has 0 N–H and O–H groups in total. The summed E-state index contributed by atoms with van der Waals surface area (Å²) in [5.41, 5.74) is 0. The average molecular weight is 179 g/mol. The van der Waals surface area contributed by atoms with Crippen LogP contribution in [0.4, 0.5) is 0 Å². The fourth-order valence-electron chi connectivity index (χ4n) is 0.363. The number of rotatable bonds is 1. The third-order valence-corrected chi connectivity index (χ3v) is 0.649. The molecule has 1 aromatic heterocycles. The molecule has 1 heterocycles. The normalized spacial score (nSPS) is 7.18. The van der Waals surface area contributed by atoms with Crippen LogP contribution in [0.3, 0.4) is 0 Å². The topological polar surface area (TPSA) is 56.0 Å². The highest BCUT2D eigenvalue weighted by atomic mass is 35.5. The maximum absolute atomic E-state index is 9.83. The fraction of sp³-hybridized carbons (Fsp3) is 0.500. The Kier molecular flexibility index (Phi) is 8.36. The summed E-state index contributed by atoms with van der Waals surface area (Å²) in [6.45, 7) is 5.62. The highest BCUT2D eigenvalue weighted by molar-refractivity contribution is 5.85. The molecule has 0 radical (unpaired) electrons. The van der Waals surface area contributed by atoms with Gasteiger partial charge in [-0.15, -0.1) is 12.4 Å². The molecule has 1 aromatic rings. The smallest absolute Gasteiger partial charge is 0.235 e. The van der Waals surface area contributed by atoms with Crippen LogP contribution in [-0.4, -0.2) is 16.4 Å². The summed E-state index contributed by atoms with van der Waals surface area (Å²) in [6.07, 6.45) is 0.538. The predicted octanol–water partition coefficient (Wildman–Crippen LogP) is 1.64. The lowest BCUT2D eigenvalue weighted by Gasteiger charge is -1.64. The first-order valence-electron chi connectivity index (χ1n) is 3.08. The Labute approximate surface area is 71.4 Å². The molecule has 0 aromatic carbocycles. The highest BCUT2D eigenvalue weighted by Crippen LogP contribution is 1.88. The van der Waals surface area contributed by atoms with Crippen molar-refractivity contribution in [1.29, 1.82) is 0 Å². The van der Waals surface area contributed by atoms with E-state index in [-0.39, 0.29) is 18.2 Å². The largest absolute Gasteiger partial charge is 0.339 e. The van der Waals surface area contributed by atoms with Crippen molar-refractivity contribution in [2.75, 3.05) is 0 Å². The van der Waals surface area contributed by atoms with E-state index in [2.05, 4.69) is 14.7 Å². The molecule has 1 rings (SSSR count). The van der Waals surface area contributed by atoms with E-state index in [1.165, 1.54) is 0 Å². The van der Waals surface area contributed by atoms with E-state index in [0.717, 1.165) is 0 Å². The molecule has 0 fully saturated rings. The number of carbonyl (C=O) groups excluding carboxylic acids is 1. The van der Waals surface area contributed by atoms with Crippen LogP contribution in [0.25, 0.3) is 0 Å². The zero-order valence-electron chi connectivity index (χ0n) is 6.70. The van der Waals surface area contributed by atoms with Gasteiger partial charge in [0.2, 0.25) is 11.7 Å². The summed E-state index contributed by atoms with van der Waals surface area (Å²) in [5, 5.41) is 3.28. The van der Waals surface area contributed by atoms with Crippen molar-refractivity contribution in [2.45, 2.75) is 20.8 Å². The van der Waals surface area contributed by atoms with Crippen LogP contribution in [-0.2, 0) is 0 Å². The highest BCUT2D eigenvalue weighted by Gasteiger charge is 1.95. The van der Waals surface area contributed by atoms with E-state index in [1.807, 2.05) is 13.8 Å². The Morgan fingerprint density at radius 3 is 2.18 bits per heavy atom. The third-order valence-electron chi connectivity index (χ3n) is 0.649. The summed E-state index contributed by atoms with van der Waals surface area (Å²) in [5.74, 6) is 0.509. The summed E-state index contributed by atoms with van der Waals surface area (Å²) in [7, 11) is 0. The van der Waals surface area contributed by atoms with Crippen LogP contribution in [0.5, 0.6) is 0 Å². The number of hydrogen-bond donors (Lipinski definition) is 0. The van der Waals surface area contributed by atoms with Crippen LogP contribution < -0.4 is 0 Å². The molecular formula is C6H11ClN2O2. The van der Waals surface area contributed by atoms with Crippen LogP contribution in [0.15, 0.2) is 4.52 Å². The zero-order chi connectivity index (χ0) is 7.98. The van der Waals surface area contributed by atoms with Gasteiger partial charge in [-0.3, -0.25) is 4.79 Å². The second-order valence-corrected chi connectivity index (χ2v) is 1.29. The number of halogens is 1. The fourth-order valence-corrected chi connectivity index (χ4v) is 0.363. The summed E-state index contributed by atoms with van der Waals surface area (Å²) >= 11 is 0. The molecule has 0 aliphatic heterocycles. The van der Waals surface area contributed by atoms with Gasteiger partial charge in [-0.25, -0.2) is 0 Å². The molecule has 4 nitrogen and oxygen atoms in total. The molecule has 0 aliphatic carbocycles. The van der Waals surface area contributed by atoms with Crippen LogP contribution in [0, 0.1) is 6.92 Å². The molecule has 0 aliphatic rings. The van der Waals surface area contributed by atoms with Crippen LogP contribution >= 0.6 is 12.4 Å². The Morgan fingerprint density at radius 2 is 2.00 bits per heavy atom. The van der Waals surface area contributed by atoms with Gasteiger partial charge in [0.1, 0.15) is 0 Å². The molecule has 5 heteroatoms. The monoisotopic (exact) mass is 178 g/mol. The van der Waals surface area contributed by atoms with E-state index < -0.39 is 0 Å². The van der Waals surface area contributed by atoms with Crippen molar-refractivity contribution in [3.8, 4) is 0 Å². The molecule has 0 atom stereocenters. The van der Waals surface area contributed by atoms with Gasteiger partial charge in [0, 0.05) is 6.92 Å². The Balaban J connectivity index is 0. The molecule has 0 saturated carbocycles. The van der Waals surface area contributed by atoms with Crippen LogP contribution in [0.2, 0.25) is 0 Å². The van der Waals surface area contributed by atoms with Gasteiger partial charge in [-0.1, -0.05) is 19.0 Å². The van der Waals surface area contributed by atoms with E-state index in [9.17, 15) is 4.79 Å². The second-order valence-electron chi connectivity index (χ2n) is 1.29. The van der Waals surface area contributed by atoms with E-state index in [1.54, 1.807) is 6.92 Å². The summed E-state index contributed by atoms with van der Waals surface area (Å²) in [4.78, 5) is 13.4. The van der Waals surface area contributed by atoms with Crippen molar-refractivity contribution >= 4 is 18.7 Å². The van der Waals surface area contributed by atoms with Crippen molar-refractivity contribution in [2.24, 2.45) is 0 Å². The summed E-state index contributed by atoms with van der Waals surface area (Å²) < 4.78 is 4.46. The third kappa shape index (κ3) is 4.50. The minimum Gasteiger partial charge on any atom is -0.339 e. The van der Waals surface area contributed by atoms with Crippen LogP contribution in [0.1, 0.15) is 30.4 Å². The lowest BCUT2D eigenvalue weighted by Crippen LogP contribution is -1.79.